The van der Waals surface area contributed by atoms with Gasteiger partial charge in [-0.25, -0.2) is 0 Å². The van der Waals surface area contributed by atoms with E-state index in [1.807, 2.05) is 32.1 Å². The molecule has 0 fully saturated rings. The average Bonchev–Trinajstić information content (AvgIpc) is 2.70. The molecule has 0 spiro atoms. The smallest absolute Gasteiger partial charge is 0.135 e. The minimum atomic E-state index is 0.432. The van der Waals surface area contributed by atoms with Gasteiger partial charge >= 0.3 is 0 Å². The summed E-state index contributed by atoms with van der Waals surface area (Å²) in [6.07, 6.45) is 8.46. The molecule has 4 nitrogen and oxygen atoms in total. The molecule has 1 aromatic rings. The molecule has 1 atom stereocenters. The van der Waals surface area contributed by atoms with Crippen molar-refractivity contribution in [3.8, 4) is 11.8 Å². The lowest BCUT2D eigenvalue weighted by Gasteiger charge is -2.11. The number of benzene rings is 1. The number of allylic oxidation sites excluding steroid dienone is 4. The van der Waals surface area contributed by atoms with Gasteiger partial charge in [0, 0.05) is 33.7 Å². The largest absolute Gasteiger partial charge is 0.457 e. The second kappa shape index (κ2) is 12.9. The summed E-state index contributed by atoms with van der Waals surface area (Å²) < 4.78 is 6.76. The van der Waals surface area contributed by atoms with Gasteiger partial charge in [0.05, 0.1) is 11.6 Å². The van der Waals surface area contributed by atoms with Crippen molar-refractivity contribution in [2.24, 2.45) is 15.9 Å². The third-order valence-electron chi connectivity index (χ3n) is 4.32. The summed E-state index contributed by atoms with van der Waals surface area (Å²) in [5.74, 6) is 1.46. The van der Waals surface area contributed by atoms with Crippen LogP contribution in [0.2, 0.25) is 0 Å². The zero-order valence-electron chi connectivity index (χ0n) is 17.6. The van der Waals surface area contributed by atoms with Gasteiger partial charge < -0.3 is 4.74 Å². The Morgan fingerprint density at radius 3 is 2.69 bits per heavy atom. The Morgan fingerprint density at radius 1 is 1.38 bits per heavy atom. The van der Waals surface area contributed by atoms with E-state index in [2.05, 4.69) is 65.8 Å². The van der Waals surface area contributed by atoms with Gasteiger partial charge in [-0.15, -0.1) is 0 Å². The Hall–Kier alpha value is -2.46. The highest BCUT2D eigenvalue weighted by Crippen LogP contribution is 2.25. The lowest BCUT2D eigenvalue weighted by molar-refractivity contribution is 0.445. The van der Waals surface area contributed by atoms with Gasteiger partial charge in [-0.3, -0.25) is 9.98 Å². The first-order valence-electron chi connectivity index (χ1n) is 9.37. The van der Waals surface area contributed by atoms with Crippen molar-refractivity contribution in [3.05, 3.63) is 71.3 Å². The molecular weight excluding hydrogens is 473 g/mol. The van der Waals surface area contributed by atoms with Crippen LogP contribution >= 0.6 is 22.6 Å². The third kappa shape index (κ3) is 8.61. The molecular formula is C24H28IN3O. The van der Waals surface area contributed by atoms with Crippen LogP contribution in [0.15, 0.2) is 70.1 Å². The van der Waals surface area contributed by atoms with E-state index in [4.69, 9.17) is 4.74 Å². The fourth-order valence-corrected chi connectivity index (χ4v) is 2.84. The highest BCUT2D eigenvalue weighted by Gasteiger charge is 2.06. The number of rotatable bonds is 10. The molecule has 0 radical (unpaired) electrons. The molecule has 1 rings (SSSR count). The molecule has 0 aliphatic carbocycles. The Morgan fingerprint density at radius 2 is 2.10 bits per heavy atom. The second-order valence-electron chi connectivity index (χ2n) is 6.63. The van der Waals surface area contributed by atoms with Crippen molar-refractivity contribution in [2.45, 2.75) is 34.1 Å². The van der Waals surface area contributed by atoms with Crippen molar-refractivity contribution in [1.29, 1.82) is 5.26 Å². The van der Waals surface area contributed by atoms with Crippen LogP contribution in [0.25, 0.3) is 6.08 Å². The number of ether oxygens (including phenoxy) is 1. The van der Waals surface area contributed by atoms with Crippen molar-refractivity contribution >= 4 is 41.1 Å². The van der Waals surface area contributed by atoms with Crippen LogP contribution in [-0.2, 0) is 0 Å². The quantitative estimate of drug-likeness (QED) is 0.115. The number of hydrogen-bond donors (Lipinski definition) is 0. The third-order valence-corrected chi connectivity index (χ3v) is 5.20. The van der Waals surface area contributed by atoms with Gasteiger partial charge in [0.1, 0.15) is 11.5 Å². The Balaban J connectivity index is 3.13. The molecule has 5 heteroatoms. The van der Waals surface area contributed by atoms with E-state index in [0.717, 1.165) is 33.4 Å². The standard InChI is InChI=1S/C24H28IN3O/c1-7-17(2)20(5)28-18(3)12-19(4)29-24-13-21(15-26)8-10-23(24)11-9-22(14-25)16-27-6/h8-13,16-17H,4,6-7,14H2,1-3,5H3/b11-9-,18-12-,22-16+,28-20-. The molecule has 0 saturated carbocycles. The van der Waals surface area contributed by atoms with Gasteiger partial charge in [-0.1, -0.05) is 55.2 Å². The van der Waals surface area contributed by atoms with Gasteiger partial charge in [0.15, 0.2) is 0 Å². The highest BCUT2D eigenvalue weighted by atomic mass is 127. The van der Waals surface area contributed by atoms with Crippen LogP contribution in [0.5, 0.6) is 5.75 Å². The van der Waals surface area contributed by atoms with Crippen molar-refractivity contribution < 1.29 is 4.74 Å². The van der Waals surface area contributed by atoms with E-state index in [9.17, 15) is 5.26 Å². The number of aliphatic imine (C=N–C) groups is 2. The average molecular weight is 501 g/mol. The van der Waals surface area contributed by atoms with Crippen LogP contribution in [0, 0.1) is 17.2 Å². The fraction of sp³-hybridized carbons (Fsp3) is 0.292. The summed E-state index contributed by atoms with van der Waals surface area (Å²) in [5.41, 5.74) is 4.30. The summed E-state index contributed by atoms with van der Waals surface area (Å²) in [4.78, 5) is 8.44. The predicted octanol–water partition coefficient (Wildman–Crippen LogP) is 6.89. The molecule has 0 bridgehead atoms. The summed E-state index contributed by atoms with van der Waals surface area (Å²) >= 11 is 2.27. The van der Waals surface area contributed by atoms with E-state index in [1.54, 1.807) is 24.4 Å². The SMILES string of the molecule is C=N/C=C(\C=C/c1ccc(C#N)cc1OC(=C)/C=C(C)\N=C(\C)C(C)CC)CI. The van der Waals surface area contributed by atoms with Crippen LogP contribution in [0.3, 0.4) is 0 Å². The maximum absolute atomic E-state index is 9.23. The molecule has 0 aromatic heterocycles. The minimum Gasteiger partial charge on any atom is -0.457 e. The van der Waals surface area contributed by atoms with E-state index >= 15 is 0 Å². The first-order chi connectivity index (χ1) is 13.8. The second-order valence-corrected chi connectivity index (χ2v) is 7.40. The highest BCUT2D eigenvalue weighted by molar-refractivity contribution is 14.1. The van der Waals surface area contributed by atoms with Gasteiger partial charge in [0.2, 0.25) is 0 Å². The Bertz CT molecular complexity index is 901. The summed E-state index contributed by atoms with van der Waals surface area (Å²) in [5, 5.41) is 9.23. The van der Waals surface area contributed by atoms with Crippen molar-refractivity contribution in [3.63, 3.8) is 0 Å². The predicted molar refractivity (Wildman–Crippen MR) is 133 cm³/mol. The minimum absolute atomic E-state index is 0.432. The zero-order valence-corrected chi connectivity index (χ0v) is 19.7. The van der Waals surface area contributed by atoms with E-state index in [1.165, 1.54) is 0 Å². The van der Waals surface area contributed by atoms with E-state index in [-0.39, 0.29) is 0 Å². The fourth-order valence-electron chi connectivity index (χ4n) is 2.39. The summed E-state index contributed by atoms with van der Waals surface area (Å²) in [6, 6.07) is 7.46. The molecule has 0 aliphatic heterocycles. The molecule has 0 saturated heterocycles. The Labute approximate surface area is 188 Å². The molecule has 0 aliphatic rings. The normalized spacial score (nSPS) is 13.9. The van der Waals surface area contributed by atoms with E-state index in [0.29, 0.717) is 23.0 Å². The number of halogens is 1. The van der Waals surface area contributed by atoms with Crippen LogP contribution in [0.1, 0.15) is 45.2 Å². The lowest BCUT2D eigenvalue weighted by atomic mass is 10.0. The monoisotopic (exact) mass is 501 g/mol. The molecule has 0 heterocycles. The van der Waals surface area contributed by atoms with Crippen molar-refractivity contribution in [2.75, 3.05) is 4.43 Å². The molecule has 1 unspecified atom stereocenters. The lowest BCUT2D eigenvalue weighted by Crippen LogP contribution is -2.05. The van der Waals surface area contributed by atoms with Crippen molar-refractivity contribution in [1.82, 2.24) is 0 Å². The van der Waals surface area contributed by atoms with Crippen LogP contribution in [0.4, 0.5) is 0 Å². The summed E-state index contributed by atoms with van der Waals surface area (Å²) in [7, 11) is 0. The maximum Gasteiger partial charge on any atom is 0.135 e. The first-order valence-corrected chi connectivity index (χ1v) is 10.9. The molecule has 152 valence electrons. The van der Waals surface area contributed by atoms with Gasteiger partial charge in [0.25, 0.3) is 0 Å². The zero-order chi connectivity index (χ0) is 21.8. The van der Waals surface area contributed by atoms with Gasteiger partial charge in [-0.2, -0.15) is 5.26 Å². The molecule has 1 aromatic carbocycles. The van der Waals surface area contributed by atoms with E-state index < -0.39 is 0 Å². The molecule has 0 N–H and O–H groups in total. The number of nitriles is 1. The topological polar surface area (TPSA) is 57.7 Å². The maximum atomic E-state index is 9.23. The Kier molecular flexibility index (Phi) is 10.9. The number of nitrogens with zero attached hydrogens (tertiary/aromatic N) is 3. The summed E-state index contributed by atoms with van der Waals surface area (Å²) in [6.45, 7) is 15.7. The number of hydrogen-bond acceptors (Lipinski definition) is 4. The molecule has 0 amide bonds. The van der Waals surface area contributed by atoms with Crippen LogP contribution in [-0.4, -0.2) is 16.9 Å². The first kappa shape index (κ1) is 24.6. The molecule has 29 heavy (non-hydrogen) atoms. The van der Waals surface area contributed by atoms with Gasteiger partial charge in [-0.05, 0) is 56.7 Å². The number of alkyl halides is 1. The van der Waals surface area contributed by atoms with Crippen LogP contribution < -0.4 is 4.74 Å².